The van der Waals surface area contributed by atoms with Crippen LogP contribution in [0.5, 0.6) is 0 Å². The molecule has 204 valence electrons. The minimum absolute atomic E-state index is 0.146. The van der Waals surface area contributed by atoms with Crippen LogP contribution in [0, 0.1) is 5.41 Å². The molecule has 1 atom stereocenters. The van der Waals surface area contributed by atoms with Crippen molar-refractivity contribution < 1.29 is 13.2 Å². The molecular weight excluding hydrogens is 479 g/mol. The lowest BCUT2D eigenvalue weighted by Crippen LogP contribution is -2.39. The minimum atomic E-state index is -4.28. The quantitative estimate of drug-likeness (QED) is 0.395. The van der Waals surface area contributed by atoms with E-state index in [2.05, 4.69) is 71.4 Å². The summed E-state index contributed by atoms with van der Waals surface area (Å²) < 4.78 is 38.6. The van der Waals surface area contributed by atoms with E-state index in [9.17, 15) is 13.2 Å². The van der Waals surface area contributed by atoms with Crippen LogP contribution in [-0.2, 0) is 6.54 Å². The molecule has 0 aliphatic carbocycles. The maximum absolute atomic E-state index is 12.9. The van der Waals surface area contributed by atoms with Crippen molar-refractivity contribution in [2.45, 2.75) is 65.7 Å². The fraction of sp³-hybridized carbons (Fsp3) is 0.519. The summed E-state index contributed by atoms with van der Waals surface area (Å²) in [5, 5.41) is 8.53. The first kappa shape index (κ1) is 29.9. The van der Waals surface area contributed by atoms with E-state index in [0.717, 1.165) is 47.6 Å². The maximum Gasteiger partial charge on any atom is 0.410 e. The van der Waals surface area contributed by atoms with Gasteiger partial charge in [0, 0.05) is 32.0 Å². The SMILES string of the molecule is C=C(CCCC(C)(C)C)Nc1cc(CN2CC(C(F)(F)F)NC2=C)ccn1.C=C(NC)C1=NCN=C1C. The topological polar surface area (TPSA) is 76.9 Å². The molecule has 0 amide bonds. The predicted octanol–water partition coefficient (Wildman–Crippen LogP) is 5.62. The van der Waals surface area contributed by atoms with Crippen molar-refractivity contribution in [1.29, 1.82) is 0 Å². The first-order chi connectivity index (χ1) is 17.2. The smallest absolute Gasteiger partial charge is 0.387 e. The van der Waals surface area contributed by atoms with Crippen LogP contribution in [0.15, 0.2) is 65.3 Å². The van der Waals surface area contributed by atoms with Gasteiger partial charge in [0.15, 0.2) is 0 Å². The number of anilines is 1. The summed E-state index contributed by atoms with van der Waals surface area (Å²) in [5.41, 5.74) is 4.76. The van der Waals surface area contributed by atoms with Gasteiger partial charge >= 0.3 is 6.18 Å². The predicted molar refractivity (Wildman–Crippen MR) is 146 cm³/mol. The van der Waals surface area contributed by atoms with Crippen LogP contribution < -0.4 is 16.0 Å². The summed E-state index contributed by atoms with van der Waals surface area (Å²) in [6, 6.07) is 2.05. The summed E-state index contributed by atoms with van der Waals surface area (Å²) >= 11 is 0. The van der Waals surface area contributed by atoms with E-state index in [4.69, 9.17) is 0 Å². The van der Waals surface area contributed by atoms with E-state index in [-0.39, 0.29) is 12.4 Å². The Balaban J connectivity index is 0.000000402. The van der Waals surface area contributed by atoms with E-state index in [0.29, 0.717) is 24.4 Å². The summed E-state index contributed by atoms with van der Waals surface area (Å²) in [5.74, 6) is 0.939. The molecule has 1 fully saturated rings. The molecule has 0 saturated carbocycles. The summed E-state index contributed by atoms with van der Waals surface area (Å²) in [6.45, 7) is 20.8. The largest absolute Gasteiger partial charge is 0.410 e. The zero-order chi connectivity index (χ0) is 27.8. The van der Waals surface area contributed by atoms with Gasteiger partial charge in [-0.15, -0.1) is 0 Å². The van der Waals surface area contributed by atoms with Crippen LogP contribution in [0.1, 0.15) is 52.5 Å². The van der Waals surface area contributed by atoms with Crippen molar-refractivity contribution in [1.82, 2.24) is 20.5 Å². The Hall–Kier alpha value is -3.30. The molecule has 1 aromatic heterocycles. The third-order valence-electron chi connectivity index (χ3n) is 5.90. The maximum atomic E-state index is 12.9. The minimum Gasteiger partial charge on any atom is -0.387 e. The average molecular weight is 520 g/mol. The van der Waals surface area contributed by atoms with Crippen LogP contribution in [0.25, 0.3) is 0 Å². The van der Waals surface area contributed by atoms with Crippen molar-refractivity contribution in [2.75, 3.05) is 25.6 Å². The van der Waals surface area contributed by atoms with E-state index < -0.39 is 12.2 Å². The lowest BCUT2D eigenvalue weighted by Gasteiger charge is -2.19. The molecule has 3 heterocycles. The zero-order valence-electron chi connectivity index (χ0n) is 22.6. The molecule has 1 saturated heterocycles. The van der Waals surface area contributed by atoms with E-state index in [1.165, 1.54) is 0 Å². The van der Waals surface area contributed by atoms with Crippen LogP contribution in [-0.4, -0.2) is 53.8 Å². The van der Waals surface area contributed by atoms with Gasteiger partial charge in [-0.1, -0.05) is 40.5 Å². The van der Waals surface area contributed by atoms with Gasteiger partial charge in [-0.2, -0.15) is 13.2 Å². The number of pyridine rings is 1. The Kier molecular flexibility index (Phi) is 10.3. The second-order valence-corrected chi connectivity index (χ2v) is 10.4. The average Bonchev–Trinajstić information content (AvgIpc) is 3.38. The highest BCUT2D eigenvalue weighted by Crippen LogP contribution is 2.28. The van der Waals surface area contributed by atoms with Crippen molar-refractivity contribution in [3.63, 3.8) is 0 Å². The molecular formula is C27H40F3N7. The number of nitrogens with zero attached hydrogens (tertiary/aromatic N) is 4. The molecule has 3 N–H and O–H groups in total. The van der Waals surface area contributed by atoms with E-state index in [1.807, 2.05) is 20.0 Å². The summed E-state index contributed by atoms with van der Waals surface area (Å²) in [4.78, 5) is 14.1. The number of allylic oxidation sites excluding steroid dienone is 2. The Labute approximate surface area is 218 Å². The standard InChI is InChI=1S/C20H29F3N4.C7H11N3/c1-14(7-6-9-19(3,4)5)25-18-11-16(8-10-24-18)12-27-13-17(20(21,22)23)26-15(27)2;1-5(8-3)7-6(2)9-4-10-7/h8,10-11,17,26H,1-2,6-7,9,12-13H2,3-5H3,(H,24,25);8H,1,4H2,2-3H3. The van der Waals surface area contributed by atoms with Crippen molar-refractivity contribution in [2.24, 2.45) is 15.4 Å². The summed E-state index contributed by atoms with van der Waals surface area (Å²) in [7, 11) is 1.83. The van der Waals surface area contributed by atoms with Crippen molar-refractivity contribution >= 4 is 17.2 Å². The number of aliphatic imine (C=N–C) groups is 2. The number of rotatable bonds is 9. The van der Waals surface area contributed by atoms with Gasteiger partial charge in [0.25, 0.3) is 0 Å². The lowest BCUT2D eigenvalue weighted by molar-refractivity contribution is -0.150. The Morgan fingerprint density at radius 3 is 2.46 bits per heavy atom. The molecule has 0 bridgehead atoms. The second kappa shape index (κ2) is 12.8. The fourth-order valence-corrected chi connectivity index (χ4v) is 3.78. The molecule has 37 heavy (non-hydrogen) atoms. The first-order valence-corrected chi connectivity index (χ1v) is 12.3. The third-order valence-corrected chi connectivity index (χ3v) is 5.90. The molecule has 0 radical (unpaired) electrons. The van der Waals surface area contributed by atoms with Gasteiger partial charge in [-0.05, 0) is 49.3 Å². The molecule has 0 aromatic carbocycles. The van der Waals surface area contributed by atoms with Gasteiger partial charge in [0.2, 0.25) is 0 Å². The van der Waals surface area contributed by atoms with Gasteiger partial charge < -0.3 is 20.9 Å². The Morgan fingerprint density at radius 1 is 1.22 bits per heavy atom. The summed E-state index contributed by atoms with van der Waals surface area (Å²) in [6.07, 6.45) is 0.350. The van der Waals surface area contributed by atoms with Crippen LogP contribution in [0.2, 0.25) is 0 Å². The van der Waals surface area contributed by atoms with Gasteiger partial charge in [-0.25, -0.2) is 4.98 Å². The molecule has 2 aliphatic heterocycles. The number of hydrogen-bond acceptors (Lipinski definition) is 7. The van der Waals surface area contributed by atoms with Crippen LogP contribution >= 0.6 is 0 Å². The van der Waals surface area contributed by atoms with E-state index >= 15 is 0 Å². The zero-order valence-corrected chi connectivity index (χ0v) is 22.6. The van der Waals surface area contributed by atoms with E-state index in [1.54, 1.807) is 17.2 Å². The highest BCUT2D eigenvalue weighted by molar-refractivity contribution is 6.48. The number of hydrogen-bond donors (Lipinski definition) is 3. The normalized spacial score (nSPS) is 17.4. The molecule has 10 heteroatoms. The van der Waals surface area contributed by atoms with Gasteiger partial charge in [0.05, 0.1) is 17.2 Å². The molecule has 2 aliphatic rings. The highest BCUT2D eigenvalue weighted by Gasteiger charge is 2.44. The van der Waals surface area contributed by atoms with Crippen molar-refractivity contribution in [3.05, 3.63) is 60.8 Å². The first-order valence-electron chi connectivity index (χ1n) is 12.3. The number of nitrogens with one attached hydrogen (secondary N) is 3. The number of alkyl halides is 3. The van der Waals surface area contributed by atoms with Crippen LogP contribution in [0.3, 0.4) is 0 Å². The molecule has 1 aromatic rings. The second-order valence-electron chi connectivity index (χ2n) is 10.4. The highest BCUT2D eigenvalue weighted by atomic mass is 19.4. The monoisotopic (exact) mass is 519 g/mol. The Bertz CT molecular complexity index is 1040. The van der Waals surface area contributed by atoms with Crippen molar-refractivity contribution in [3.8, 4) is 0 Å². The molecule has 7 nitrogen and oxygen atoms in total. The molecule has 1 unspecified atom stereocenters. The number of aromatic nitrogens is 1. The molecule has 0 spiro atoms. The fourth-order valence-electron chi connectivity index (χ4n) is 3.78. The van der Waals surface area contributed by atoms with Crippen LogP contribution in [0.4, 0.5) is 19.0 Å². The van der Waals surface area contributed by atoms with Gasteiger partial charge in [0.1, 0.15) is 24.2 Å². The van der Waals surface area contributed by atoms with Gasteiger partial charge in [-0.3, -0.25) is 9.98 Å². The lowest BCUT2D eigenvalue weighted by atomic mass is 9.89. The third kappa shape index (κ3) is 9.93. The Morgan fingerprint density at radius 2 is 1.92 bits per heavy atom. The molecule has 3 rings (SSSR count). The number of halogens is 3.